The number of hydrogen-bond donors (Lipinski definition) is 2. The van der Waals surface area contributed by atoms with Crippen molar-refractivity contribution in [1.29, 1.82) is 0 Å². The minimum atomic E-state index is 0.556. The quantitative estimate of drug-likeness (QED) is 0.348. The molecule has 0 fully saturated rings. The molecule has 3 N–H and O–H groups in total. The van der Waals surface area contributed by atoms with E-state index in [1.54, 1.807) is 0 Å². The molecule has 0 saturated carbocycles. The van der Waals surface area contributed by atoms with Crippen molar-refractivity contribution in [3.63, 3.8) is 0 Å². The van der Waals surface area contributed by atoms with Crippen LogP contribution in [-0.4, -0.2) is 44.3 Å². The van der Waals surface area contributed by atoms with E-state index in [-0.39, 0.29) is 0 Å². The third-order valence-electron chi connectivity index (χ3n) is 2.01. The Morgan fingerprint density at radius 3 is 2.88 bits per heavy atom. The zero-order valence-corrected chi connectivity index (χ0v) is 11.3. The molecule has 0 aromatic carbocycles. The highest BCUT2D eigenvalue weighted by molar-refractivity contribution is 7.98. The highest BCUT2D eigenvalue weighted by Gasteiger charge is 1.92. The van der Waals surface area contributed by atoms with Crippen LogP contribution in [0.25, 0.3) is 0 Å². The van der Waals surface area contributed by atoms with Gasteiger partial charge in [0, 0.05) is 26.3 Å². The summed E-state index contributed by atoms with van der Waals surface area (Å²) in [5.74, 6) is 1.77. The maximum Gasteiger partial charge on any atom is 0.188 e. The Labute approximate surface area is 103 Å². The summed E-state index contributed by atoms with van der Waals surface area (Å²) in [6, 6.07) is 0. The summed E-state index contributed by atoms with van der Waals surface area (Å²) in [7, 11) is 0. The van der Waals surface area contributed by atoms with E-state index in [9.17, 15) is 0 Å². The number of ether oxygens (including phenoxy) is 1. The van der Waals surface area contributed by atoms with Gasteiger partial charge in [0.1, 0.15) is 0 Å². The molecule has 4 nitrogen and oxygen atoms in total. The van der Waals surface area contributed by atoms with Crippen LogP contribution in [0.5, 0.6) is 0 Å². The molecule has 0 rings (SSSR count). The van der Waals surface area contributed by atoms with Gasteiger partial charge in [-0.1, -0.05) is 0 Å². The van der Waals surface area contributed by atoms with Crippen molar-refractivity contribution in [1.82, 2.24) is 5.32 Å². The molecule has 0 heterocycles. The maximum absolute atomic E-state index is 5.70. The summed E-state index contributed by atoms with van der Waals surface area (Å²) in [5.41, 5.74) is 5.70. The number of nitrogens with zero attached hydrogens (tertiary/aromatic N) is 1. The van der Waals surface area contributed by atoms with Gasteiger partial charge in [-0.15, -0.1) is 0 Å². The third-order valence-corrected chi connectivity index (χ3v) is 2.71. The first-order valence-corrected chi connectivity index (χ1v) is 7.31. The molecule has 5 heteroatoms. The Kier molecular flexibility index (Phi) is 12.3. The normalized spacial score (nSPS) is 11.8. The lowest BCUT2D eigenvalue weighted by Gasteiger charge is -2.05. The smallest absolute Gasteiger partial charge is 0.188 e. The highest BCUT2D eigenvalue weighted by atomic mass is 32.2. The van der Waals surface area contributed by atoms with Crippen LogP contribution in [-0.2, 0) is 4.74 Å². The van der Waals surface area contributed by atoms with Gasteiger partial charge in [-0.3, -0.25) is 4.99 Å². The average Bonchev–Trinajstić information content (AvgIpc) is 2.28. The van der Waals surface area contributed by atoms with Crippen molar-refractivity contribution in [2.75, 3.05) is 38.3 Å². The second-order valence-corrected chi connectivity index (χ2v) is 4.43. The second-order valence-electron chi connectivity index (χ2n) is 3.44. The minimum absolute atomic E-state index is 0.556. The van der Waals surface area contributed by atoms with Crippen LogP contribution < -0.4 is 11.1 Å². The standard InChI is InChI=1S/C11H25N3OS/c1-3-15-9-6-8-14-11(12)13-7-4-5-10-16-2/h3-10H2,1-2H3,(H3,12,13,14). The Hall–Kier alpha value is -0.420. The van der Waals surface area contributed by atoms with Crippen LogP contribution in [0.2, 0.25) is 0 Å². The van der Waals surface area contributed by atoms with E-state index in [2.05, 4.69) is 16.6 Å². The lowest BCUT2D eigenvalue weighted by Crippen LogP contribution is -2.32. The zero-order valence-electron chi connectivity index (χ0n) is 10.5. The van der Waals surface area contributed by atoms with Crippen LogP contribution in [0.15, 0.2) is 4.99 Å². The van der Waals surface area contributed by atoms with E-state index >= 15 is 0 Å². The van der Waals surface area contributed by atoms with Crippen molar-refractivity contribution in [3.8, 4) is 0 Å². The largest absolute Gasteiger partial charge is 0.382 e. The topological polar surface area (TPSA) is 59.6 Å². The second kappa shape index (κ2) is 12.6. The Morgan fingerprint density at radius 1 is 1.38 bits per heavy atom. The molecule has 0 aliphatic carbocycles. The highest BCUT2D eigenvalue weighted by Crippen LogP contribution is 1.97. The van der Waals surface area contributed by atoms with Crippen LogP contribution >= 0.6 is 11.8 Å². The summed E-state index contributed by atoms with van der Waals surface area (Å²) < 4.78 is 5.21. The first-order chi connectivity index (χ1) is 7.81. The molecular weight excluding hydrogens is 222 g/mol. The number of thioether (sulfide) groups is 1. The fourth-order valence-corrected chi connectivity index (χ4v) is 1.65. The van der Waals surface area contributed by atoms with Crippen molar-refractivity contribution in [2.24, 2.45) is 10.7 Å². The number of nitrogens with one attached hydrogen (secondary N) is 1. The molecule has 0 atom stereocenters. The van der Waals surface area contributed by atoms with Gasteiger partial charge >= 0.3 is 0 Å². The van der Waals surface area contributed by atoms with Crippen molar-refractivity contribution >= 4 is 17.7 Å². The van der Waals surface area contributed by atoms with Crippen LogP contribution in [0.1, 0.15) is 26.2 Å². The number of rotatable bonds is 10. The molecule has 0 unspecified atom stereocenters. The number of guanidine groups is 1. The van der Waals surface area contributed by atoms with Gasteiger partial charge in [0.25, 0.3) is 0 Å². The van der Waals surface area contributed by atoms with E-state index in [0.29, 0.717) is 5.96 Å². The number of nitrogens with two attached hydrogens (primary N) is 1. The van der Waals surface area contributed by atoms with Crippen LogP contribution in [0, 0.1) is 0 Å². The molecule has 0 radical (unpaired) electrons. The molecule has 0 aliphatic rings. The lowest BCUT2D eigenvalue weighted by molar-refractivity contribution is 0.146. The monoisotopic (exact) mass is 247 g/mol. The SMILES string of the molecule is CCOCCCN=C(N)NCCCCSC. The van der Waals surface area contributed by atoms with Crippen molar-refractivity contribution < 1.29 is 4.74 Å². The van der Waals surface area contributed by atoms with E-state index in [1.807, 2.05) is 18.7 Å². The fourth-order valence-electron chi connectivity index (χ4n) is 1.15. The van der Waals surface area contributed by atoms with E-state index in [4.69, 9.17) is 10.5 Å². The van der Waals surface area contributed by atoms with Gasteiger partial charge in [0.05, 0.1) is 0 Å². The van der Waals surface area contributed by atoms with Gasteiger partial charge in [0.15, 0.2) is 5.96 Å². The van der Waals surface area contributed by atoms with Gasteiger partial charge in [-0.2, -0.15) is 11.8 Å². The van der Waals surface area contributed by atoms with Crippen LogP contribution in [0.3, 0.4) is 0 Å². The molecule has 0 aromatic heterocycles. The third kappa shape index (κ3) is 11.7. The maximum atomic E-state index is 5.70. The minimum Gasteiger partial charge on any atom is -0.382 e. The van der Waals surface area contributed by atoms with Crippen molar-refractivity contribution in [2.45, 2.75) is 26.2 Å². The summed E-state index contributed by atoms with van der Waals surface area (Å²) in [5, 5.41) is 3.11. The Morgan fingerprint density at radius 2 is 2.19 bits per heavy atom. The lowest BCUT2D eigenvalue weighted by atomic mass is 10.3. The van der Waals surface area contributed by atoms with E-state index in [0.717, 1.165) is 39.1 Å². The van der Waals surface area contributed by atoms with E-state index in [1.165, 1.54) is 12.2 Å². The molecular formula is C11H25N3OS. The summed E-state index contributed by atoms with van der Waals surface area (Å²) in [6.45, 7) is 5.19. The fraction of sp³-hybridized carbons (Fsp3) is 0.909. The molecule has 0 spiro atoms. The van der Waals surface area contributed by atoms with Gasteiger partial charge in [0.2, 0.25) is 0 Å². The Bertz CT molecular complexity index is 177. The number of unbranched alkanes of at least 4 members (excludes halogenated alkanes) is 1. The number of aliphatic imine (C=N–C) groups is 1. The van der Waals surface area contributed by atoms with Crippen LogP contribution in [0.4, 0.5) is 0 Å². The van der Waals surface area contributed by atoms with Crippen molar-refractivity contribution in [3.05, 3.63) is 0 Å². The molecule has 0 bridgehead atoms. The number of hydrogen-bond acceptors (Lipinski definition) is 3. The van der Waals surface area contributed by atoms with Gasteiger partial charge in [-0.05, 0) is 38.2 Å². The Balaban J connectivity index is 3.27. The molecule has 0 aromatic rings. The summed E-state index contributed by atoms with van der Waals surface area (Å²) in [4.78, 5) is 4.21. The zero-order chi connectivity index (χ0) is 12.1. The molecule has 96 valence electrons. The predicted molar refractivity (Wildman–Crippen MR) is 73.2 cm³/mol. The first-order valence-electron chi connectivity index (χ1n) is 5.91. The molecule has 0 saturated heterocycles. The first kappa shape index (κ1) is 15.6. The van der Waals surface area contributed by atoms with E-state index < -0.39 is 0 Å². The average molecular weight is 247 g/mol. The molecule has 0 amide bonds. The van der Waals surface area contributed by atoms with Gasteiger partial charge in [-0.25, -0.2) is 0 Å². The molecule has 16 heavy (non-hydrogen) atoms. The van der Waals surface area contributed by atoms with Gasteiger partial charge < -0.3 is 15.8 Å². The molecule has 0 aliphatic heterocycles. The summed E-state index contributed by atoms with van der Waals surface area (Å²) >= 11 is 1.88. The predicted octanol–water partition coefficient (Wildman–Crippen LogP) is 1.46. The summed E-state index contributed by atoms with van der Waals surface area (Å²) in [6.07, 6.45) is 5.44.